The van der Waals surface area contributed by atoms with Gasteiger partial charge in [-0.05, 0) is 49.1 Å². The largest absolute Gasteiger partial charge is 0.508 e. The number of hydrogen-bond donors (Lipinski definition) is 3. The maximum absolute atomic E-state index is 13.7. The molecule has 5 nitrogen and oxygen atoms in total. The van der Waals surface area contributed by atoms with Gasteiger partial charge in [-0.15, -0.1) is 0 Å². The highest BCUT2D eigenvalue weighted by Crippen LogP contribution is 2.36. The summed E-state index contributed by atoms with van der Waals surface area (Å²) < 4.78 is 22.1. The van der Waals surface area contributed by atoms with Gasteiger partial charge in [0.15, 0.2) is 0 Å². The number of morpholine rings is 1. The summed E-state index contributed by atoms with van der Waals surface area (Å²) in [5.74, 6) is -0.607. The standard InChI is InChI=1S/C14H9Cl2FN2OS.C10H19NO/c15-8-2-3-11(14-13(8)9(16)6-18-14)19-21-12-4-1-7(20)5-10(12)17;1-2-4-10(5-3-1)11-6-8-12-9-7-11/h1-6,18-20H;10H,1-9H2. The van der Waals surface area contributed by atoms with Crippen molar-refractivity contribution in [3.05, 3.63) is 52.4 Å². The molecule has 2 aliphatic rings. The average Bonchev–Trinajstić information content (AvgIpc) is 3.24. The van der Waals surface area contributed by atoms with Gasteiger partial charge < -0.3 is 19.5 Å². The van der Waals surface area contributed by atoms with Crippen molar-refractivity contribution < 1.29 is 14.2 Å². The second-order valence-electron chi connectivity index (χ2n) is 8.24. The van der Waals surface area contributed by atoms with Gasteiger partial charge in [-0.2, -0.15) is 0 Å². The smallest absolute Gasteiger partial charge is 0.142 e. The molecule has 0 bridgehead atoms. The summed E-state index contributed by atoms with van der Waals surface area (Å²) in [7, 11) is 0. The number of anilines is 1. The minimum Gasteiger partial charge on any atom is -0.508 e. The van der Waals surface area contributed by atoms with E-state index < -0.39 is 5.82 Å². The van der Waals surface area contributed by atoms with Crippen LogP contribution in [0.2, 0.25) is 10.0 Å². The Hall–Kier alpha value is -1.64. The van der Waals surface area contributed by atoms with Crippen molar-refractivity contribution in [2.24, 2.45) is 0 Å². The van der Waals surface area contributed by atoms with Crippen LogP contribution in [0.15, 0.2) is 41.4 Å². The fourth-order valence-electron chi connectivity index (χ4n) is 4.32. The van der Waals surface area contributed by atoms with Gasteiger partial charge in [-0.25, -0.2) is 4.39 Å². The number of aromatic nitrogens is 1. The third kappa shape index (κ3) is 6.28. The molecule has 3 N–H and O–H groups in total. The van der Waals surface area contributed by atoms with Gasteiger partial charge in [-0.1, -0.05) is 42.5 Å². The molecular formula is C24H28Cl2FN3O2S. The lowest BCUT2D eigenvalue weighted by molar-refractivity contribution is 0.00858. The van der Waals surface area contributed by atoms with Gasteiger partial charge in [0, 0.05) is 36.8 Å². The Labute approximate surface area is 207 Å². The lowest BCUT2D eigenvalue weighted by Gasteiger charge is -2.36. The van der Waals surface area contributed by atoms with E-state index >= 15 is 0 Å². The molecule has 0 atom stereocenters. The summed E-state index contributed by atoms with van der Waals surface area (Å²) in [5.41, 5.74) is 1.48. The number of nitrogens with zero attached hydrogens (tertiary/aromatic N) is 1. The van der Waals surface area contributed by atoms with Crippen LogP contribution in [0, 0.1) is 5.82 Å². The molecule has 178 valence electrons. The molecule has 1 saturated heterocycles. The van der Waals surface area contributed by atoms with Gasteiger partial charge in [-0.3, -0.25) is 4.90 Å². The van der Waals surface area contributed by atoms with E-state index in [0.29, 0.717) is 14.9 Å². The highest BCUT2D eigenvalue weighted by atomic mass is 35.5. The Balaban J connectivity index is 0.000000183. The minimum absolute atomic E-state index is 0.109. The number of benzene rings is 2. The number of hydrogen-bond acceptors (Lipinski definition) is 5. The monoisotopic (exact) mass is 511 g/mol. The predicted octanol–water partition coefficient (Wildman–Crippen LogP) is 7.09. The Morgan fingerprint density at radius 3 is 2.55 bits per heavy atom. The highest BCUT2D eigenvalue weighted by Gasteiger charge is 2.22. The Bertz CT molecular complexity index is 1050. The molecule has 5 rings (SSSR count). The number of rotatable bonds is 4. The first-order valence-corrected chi connectivity index (χ1v) is 12.8. The van der Waals surface area contributed by atoms with Crippen LogP contribution in [0.1, 0.15) is 32.1 Å². The molecule has 0 spiro atoms. The summed E-state index contributed by atoms with van der Waals surface area (Å²) in [6.07, 6.45) is 8.86. The fourth-order valence-corrected chi connectivity index (χ4v) is 5.57. The second-order valence-corrected chi connectivity index (χ2v) is 9.90. The second kappa shape index (κ2) is 11.7. The molecule has 2 heterocycles. The van der Waals surface area contributed by atoms with Gasteiger partial charge >= 0.3 is 0 Å². The number of phenolic OH excluding ortho intramolecular Hbond substituents is 1. The lowest BCUT2D eigenvalue weighted by atomic mass is 9.94. The number of aromatic hydroxyl groups is 1. The van der Waals surface area contributed by atoms with Crippen LogP contribution < -0.4 is 4.72 Å². The Kier molecular flexibility index (Phi) is 8.66. The third-order valence-electron chi connectivity index (χ3n) is 6.06. The molecule has 2 aromatic carbocycles. The average molecular weight is 512 g/mol. The summed E-state index contributed by atoms with van der Waals surface area (Å²) in [4.78, 5) is 6.03. The normalized spacial score (nSPS) is 17.5. The van der Waals surface area contributed by atoms with Crippen molar-refractivity contribution in [3.63, 3.8) is 0 Å². The van der Waals surface area contributed by atoms with Crippen LogP contribution in [-0.2, 0) is 4.74 Å². The SMILES string of the molecule is C1CCC(N2CCOCC2)CC1.Oc1ccc(SNc2ccc(Cl)c3c(Cl)c[nH]c23)c(F)c1. The van der Waals surface area contributed by atoms with E-state index in [1.165, 1.54) is 57.3 Å². The number of ether oxygens (including phenoxy) is 1. The van der Waals surface area contributed by atoms with E-state index in [9.17, 15) is 9.50 Å². The first-order chi connectivity index (χ1) is 16.0. The van der Waals surface area contributed by atoms with E-state index in [2.05, 4.69) is 14.6 Å². The lowest BCUT2D eigenvalue weighted by Crippen LogP contribution is -2.44. The predicted molar refractivity (Wildman–Crippen MR) is 135 cm³/mol. The summed E-state index contributed by atoms with van der Waals surface area (Å²) in [6.45, 7) is 4.25. The number of phenols is 1. The highest BCUT2D eigenvalue weighted by molar-refractivity contribution is 8.00. The number of H-pyrrole nitrogens is 1. The molecule has 0 radical (unpaired) electrons. The molecule has 3 aromatic rings. The van der Waals surface area contributed by atoms with E-state index in [4.69, 9.17) is 27.9 Å². The van der Waals surface area contributed by atoms with Crippen LogP contribution in [-0.4, -0.2) is 47.3 Å². The number of aromatic amines is 1. The summed E-state index contributed by atoms with van der Waals surface area (Å²) >= 11 is 13.3. The van der Waals surface area contributed by atoms with Crippen molar-refractivity contribution >= 4 is 51.7 Å². The topological polar surface area (TPSA) is 60.5 Å². The van der Waals surface area contributed by atoms with Crippen LogP contribution >= 0.6 is 35.1 Å². The van der Waals surface area contributed by atoms with Crippen LogP contribution in [0.3, 0.4) is 0 Å². The van der Waals surface area contributed by atoms with Gasteiger partial charge in [0.25, 0.3) is 0 Å². The number of nitrogens with one attached hydrogen (secondary N) is 2. The molecule has 9 heteroatoms. The zero-order valence-electron chi connectivity index (χ0n) is 18.3. The van der Waals surface area contributed by atoms with Gasteiger partial charge in [0.2, 0.25) is 0 Å². The van der Waals surface area contributed by atoms with Crippen LogP contribution in [0.5, 0.6) is 5.75 Å². The maximum atomic E-state index is 13.7. The van der Waals surface area contributed by atoms with E-state index in [1.807, 2.05) is 0 Å². The fraction of sp³-hybridized carbons (Fsp3) is 0.417. The maximum Gasteiger partial charge on any atom is 0.142 e. The minimum atomic E-state index is -0.498. The molecule has 1 aliphatic heterocycles. The van der Waals surface area contributed by atoms with E-state index in [-0.39, 0.29) is 5.75 Å². The number of halogens is 3. The van der Waals surface area contributed by atoms with Crippen molar-refractivity contribution in [2.75, 3.05) is 31.0 Å². The quantitative estimate of drug-likeness (QED) is 0.326. The zero-order chi connectivity index (χ0) is 23.2. The molecule has 2 fully saturated rings. The molecule has 0 unspecified atom stereocenters. The van der Waals surface area contributed by atoms with Crippen molar-refractivity contribution in [2.45, 2.75) is 43.0 Å². The van der Waals surface area contributed by atoms with Crippen LogP contribution in [0.4, 0.5) is 10.1 Å². The van der Waals surface area contributed by atoms with Crippen molar-refractivity contribution in [3.8, 4) is 5.75 Å². The van der Waals surface area contributed by atoms with Crippen molar-refractivity contribution in [1.82, 2.24) is 9.88 Å². The Morgan fingerprint density at radius 1 is 1.06 bits per heavy atom. The molecule has 1 aromatic heterocycles. The van der Waals surface area contributed by atoms with Crippen LogP contribution in [0.25, 0.3) is 10.9 Å². The molecular weight excluding hydrogens is 484 g/mol. The zero-order valence-corrected chi connectivity index (χ0v) is 20.6. The first kappa shape index (κ1) is 24.5. The molecule has 1 aliphatic carbocycles. The van der Waals surface area contributed by atoms with Crippen molar-refractivity contribution in [1.29, 1.82) is 0 Å². The van der Waals surface area contributed by atoms with Gasteiger partial charge in [0.1, 0.15) is 11.6 Å². The van der Waals surface area contributed by atoms with Gasteiger partial charge in [0.05, 0.1) is 39.4 Å². The first-order valence-electron chi connectivity index (χ1n) is 11.2. The Morgan fingerprint density at radius 2 is 1.82 bits per heavy atom. The third-order valence-corrected chi connectivity index (χ3v) is 7.55. The van der Waals surface area contributed by atoms with E-state index in [0.717, 1.165) is 53.9 Å². The van der Waals surface area contributed by atoms with E-state index in [1.54, 1.807) is 18.3 Å². The molecule has 1 saturated carbocycles. The summed E-state index contributed by atoms with van der Waals surface area (Å²) in [5, 5.41) is 11.0. The molecule has 0 amide bonds. The summed E-state index contributed by atoms with van der Waals surface area (Å²) in [6, 6.07) is 8.38. The number of fused-ring (bicyclic) bond motifs is 1. The molecule has 33 heavy (non-hydrogen) atoms.